The van der Waals surface area contributed by atoms with Gasteiger partial charge >= 0.3 is 0 Å². The first-order valence-electron chi connectivity index (χ1n) is 13.1. The highest BCUT2D eigenvalue weighted by Crippen LogP contribution is 2.33. The van der Waals surface area contributed by atoms with Crippen LogP contribution < -0.4 is 20.7 Å². The van der Waals surface area contributed by atoms with Gasteiger partial charge in [-0.15, -0.1) is 12.4 Å². The van der Waals surface area contributed by atoms with E-state index in [4.69, 9.17) is 4.74 Å². The van der Waals surface area contributed by atoms with Crippen LogP contribution in [0.1, 0.15) is 41.6 Å². The van der Waals surface area contributed by atoms with Crippen molar-refractivity contribution in [3.8, 4) is 22.6 Å². The lowest BCUT2D eigenvalue weighted by atomic mass is 9.98. The van der Waals surface area contributed by atoms with Crippen molar-refractivity contribution >= 4 is 30.1 Å². The number of carbonyl (C=O) groups excluding carboxylic acids is 3. The molecule has 4 rings (SSSR count). The molecule has 2 aromatic rings. The highest BCUT2D eigenvalue weighted by Gasteiger charge is 2.31. The lowest BCUT2D eigenvalue weighted by Gasteiger charge is -2.26. The van der Waals surface area contributed by atoms with Crippen LogP contribution in [-0.2, 0) is 16.0 Å². The summed E-state index contributed by atoms with van der Waals surface area (Å²) >= 11 is 0. The third-order valence-corrected chi connectivity index (χ3v) is 6.99. The normalized spacial score (nSPS) is 20.9. The number of amides is 3. The fraction of sp³-hybridized carbons (Fsp3) is 0.464. The van der Waals surface area contributed by atoms with Crippen molar-refractivity contribution in [3.05, 3.63) is 47.5 Å². The number of aliphatic hydroxyl groups excluding tert-OH is 1. The highest BCUT2D eigenvalue weighted by atomic mass is 35.5. The average molecular weight is 561 g/mol. The number of rotatable bonds is 2. The van der Waals surface area contributed by atoms with Gasteiger partial charge in [0.1, 0.15) is 11.5 Å². The van der Waals surface area contributed by atoms with E-state index in [1.165, 1.54) is 7.11 Å². The molecule has 1 fully saturated rings. The second-order valence-corrected chi connectivity index (χ2v) is 9.76. The Morgan fingerprint density at radius 3 is 2.54 bits per heavy atom. The molecule has 11 heteroatoms. The Bertz CT molecular complexity index is 1180. The standard InChI is InChI=1S/C28H36N4O6.ClH/c1-38-25-8-6-19-15-22(25)27(36)30-10-3-13-32(28(37)23-16-20(33)17-31-23)12-2-4-26(35)29-11-9-18-5-7-24(34)21(19)14-18;/h5-8,14-15,20,23,31,33-34H,2-4,9-13,16-17H2,1H3,(H,29,35)(H,30,36);1H/t20-,23+;/m1./s1. The number of aliphatic hydroxyl groups is 1. The van der Waals surface area contributed by atoms with Gasteiger partial charge in [-0.25, -0.2) is 0 Å². The van der Waals surface area contributed by atoms with E-state index in [0.717, 1.165) is 5.56 Å². The number of phenols is 1. The zero-order chi connectivity index (χ0) is 27.1. The van der Waals surface area contributed by atoms with E-state index >= 15 is 0 Å². The smallest absolute Gasteiger partial charge is 0.255 e. The molecule has 2 atom stereocenters. The summed E-state index contributed by atoms with van der Waals surface area (Å²) in [6, 6.07) is 10.0. The summed E-state index contributed by atoms with van der Waals surface area (Å²) in [5, 5.41) is 29.2. The van der Waals surface area contributed by atoms with Gasteiger partial charge in [-0.2, -0.15) is 0 Å². The summed E-state index contributed by atoms with van der Waals surface area (Å²) in [5.41, 5.74) is 2.53. The molecule has 3 amide bonds. The number of β-amino-alcohol motifs (C(OH)–C–C–N with tert-alkyl or cyclic N) is 1. The van der Waals surface area contributed by atoms with E-state index in [0.29, 0.717) is 80.8 Å². The first-order valence-corrected chi connectivity index (χ1v) is 13.1. The Hall–Kier alpha value is -3.34. The van der Waals surface area contributed by atoms with E-state index in [9.17, 15) is 24.6 Å². The average Bonchev–Trinajstić information content (AvgIpc) is 3.35. The third kappa shape index (κ3) is 7.84. The number of aromatic hydroxyl groups is 1. The fourth-order valence-electron chi connectivity index (χ4n) is 4.91. The van der Waals surface area contributed by atoms with Crippen LogP contribution in [0.5, 0.6) is 11.5 Å². The quantitative estimate of drug-likeness (QED) is 0.376. The number of nitrogens with one attached hydrogen (secondary N) is 3. The van der Waals surface area contributed by atoms with E-state index in [1.807, 2.05) is 12.1 Å². The minimum absolute atomic E-state index is 0. The van der Waals surface area contributed by atoms with Gasteiger partial charge < -0.3 is 35.8 Å². The van der Waals surface area contributed by atoms with Gasteiger partial charge in [-0.3, -0.25) is 14.4 Å². The summed E-state index contributed by atoms with van der Waals surface area (Å²) < 4.78 is 5.41. The molecule has 39 heavy (non-hydrogen) atoms. The van der Waals surface area contributed by atoms with Crippen molar-refractivity contribution in [2.24, 2.45) is 0 Å². The summed E-state index contributed by atoms with van der Waals surface area (Å²) in [6.07, 6.45) is 1.69. The largest absolute Gasteiger partial charge is 0.507 e. The molecule has 2 aromatic carbocycles. The van der Waals surface area contributed by atoms with Crippen molar-refractivity contribution in [1.29, 1.82) is 0 Å². The Labute approximate surface area is 234 Å². The summed E-state index contributed by atoms with van der Waals surface area (Å²) in [5.74, 6) is 0.00124. The number of methoxy groups -OCH3 is 1. The van der Waals surface area contributed by atoms with Gasteiger partial charge in [0.05, 0.1) is 24.8 Å². The van der Waals surface area contributed by atoms with Crippen LogP contribution in [0.3, 0.4) is 0 Å². The summed E-state index contributed by atoms with van der Waals surface area (Å²) in [7, 11) is 1.50. The number of ether oxygens (including phenoxy) is 1. The molecule has 0 saturated carbocycles. The van der Waals surface area contributed by atoms with Crippen molar-refractivity contribution in [2.75, 3.05) is 39.8 Å². The predicted molar refractivity (Wildman–Crippen MR) is 149 cm³/mol. The van der Waals surface area contributed by atoms with Crippen molar-refractivity contribution in [1.82, 2.24) is 20.9 Å². The van der Waals surface area contributed by atoms with Crippen LogP contribution in [0.25, 0.3) is 11.1 Å². The second kappa shape index (κ2) is 14.2. The number of hydrogen-bond donors (Lipinski definition) is 5. The van der Waals surface area contributed by atoms with Crippen LogP contribution in [0.4, 0.5) is 0 Å². The number of nitrogens with zero attached hydrogens (tertiary/aromatic N) is 1. The predicted octanol–water partition coefficient (Wildman–Crippen LogP) is 1.61. The molecular formula is C28H37ClN4O6. The molecule has 0 unspecified atom stereocenters. The van der Waals surface area contributed by atoms with Crippen LogP contribution >= 0.6 is 12.4 Å². The Kier molecular flexibility index (Phi) is 11.0. The molecule has 1 saturated heterocycles. The van der Waals surface area contributed by atoms with Crippen LogP contribution in [-0.4, -0.2) is 84.8 Å². The topological polar surface area (TPSA) is 140 Å². The second-order valence-electron chi connectivity index (χ2n) is 9.76. The maximum Gasteiger partial charge on any atom is 0.255 e. The van der Waals surface area contributed by atoms with Gasteiger partial charge in [-0.1, -0.05) is 12.1 Å². The van der Waals surface area contributed by atoms with Gasteiger partial charge in [-0.05, 0) is 61.1 Å². The van der Waals surface area contributed by atoms with Crippen LogP contribution in [0.15, 0.2) is 36.4 Å². The molecule has 212 valence electrons. The van der Waals surface area contributed by atoms with E-state index in [1.54, 1.807) is 29.2 Å². The SMILES string of the molecule is COc1ccc2cc1C(=O)NCCCN(C(=O)[C@@H]1C[C@@H](O)CN1)CCCC(=O)NCCc1ccc(O)c-2c1.Cl. The first kappa shape index (κ1) is 30.2. The number of fused-ring (bicyclic) bond motifs is 5. The zero-order valence-electron chi connectivity index (χ0n) is 22.1. The van der Waals surface area contributed by atoms with E-state index in [2.05, 4.69) is 16.0 Å². The third-order valence-electron chi connectivity index (χ3n) is 6.99. The molecule has 4 bridgehead atoms. The molecule has 2 heterocycles. The molecule has 0 radical (unpaired) electrons. The maximum absolute atomic E-state index is 13.1. The van der Waals surface area contributed by atoms with E-state index < -0.39 is 12.1 Å². The molecule has 0 spiro atoms. The fourth-order valence-corrected chi connectivity index (χ4v) is 4.91. The van der Waals surface area contributed by atoms with Crippen molar-refractivity contribution in [3.63, 3.8) is 0 Å². The summed E-state index contributed by atoms with van der Waals surface area (Å²) in [4.78, 5) is 40.3. The van der Waals surface area contributed by atoms with Crippen molar-refractivity contribution in [2.45, 2.75) is 44.2 Å². The number of phenolic OH excluding ortho intramolecular Hbond substituents is 1. The molecule has 5 N–H and O–H groups in total. The molecule has 2 aliphatic rings. The Balaban J connectivity index is 0.00000420. The molecular weight excluding hydrogens is 524 g/mol. The number of benzene rings is 2. The molecule has 0 aromatic heterocycles. The van der Waals surface area contributed by atoms with Crippen LogP contribution in [0.2, 0.25) is 0 Å². The van der Waals surface area contributed by atoms with Gasteiger partial charge in [0.25, 0.3) is 5.91 Å². The minimum Gasteiger partial charge on any atom is -0.507 e. The van der Waals surface area contributed by atoms with Gasteiger partial charge in [0, 0.05) is 44.7 Å². The number of halogens is 1. The highest BCUT2D eigenvalue weighted by molar-refractivity contribution is 5.98. The van der Waals surface area contributed by atoms with Crippen molar-refractivity contribution < 1.29 is 29.3 Å². The summed E-state index contributed by atoms with van der Waals surface area (Å²) in [6.45, 7) is 1.96. The minimum atomic E-state index is -0.550. The maximum atomic E-state index is 13.1. The zero-order valence-corrected chi connectivity index (χ0v) is 22.9. The van der Waals surface area contributed by atoms with Crippen LogP contribution in [0, 0.1) is 0 Å². The molecule has 10 nitrogen and oxygen atoms in total. The van der Waals surface area contributed by atoms with E-state index in [-0.39, 0.29) is 42.3 Å². The lowest BCUT2D eigenvalue weighted by Crippen LogP contribution is -2.45. The number of hydrogen-bond acceptors (Lipinski definition) is 7. The number of carbonyl (C=O) groups is 3. The Morgan fingerprint density at radius 2 is 1.79 bits per heavy atom. The molecule has 2 aliphatic heterocycles. The monoisotopic (exact) mass is 560 g/mol. The first-order chi connectivity index (χ1) is 18.4. The van der Waals surface area contributed by atoms with Gasteiger partial charge in [0.15, 0.2) is 0 Å². The van der Waals surface area contributed by atoms with Gasteiger partial charge in [0.2, 0.25) is 11.8 Å². The lowest BCUT2D eigenvalue weighted by molar-refractivity contribution is -0.133. The molecule has 0 aliphatic carbocycles. The Morgan fingerprint density at radius 1 is 1.00 bits per heavy atom.